The summed E-state index contributed by atoms with van der Waals surface area (Å²) in [5.74, 6) is -2.10. The van der Waals surface area contributed by atoms with E-state index in [1.165, 1.54) is 25.6 Å². The molecular weight excluding hydrogens is 472 g/mol. The predicted octanol–water partition coefficient (Wildman–Crippen LogP) is 2.86. The van der Waals surface area contributed by atoms with Crippen LogP contribution in [-0.2, 0) is 43.9 Å². The van der Waals surface area contributed by atoms with Gasteiger partial charge in [-0.2, -0.15) is 0 Å². The Morgan fingerprint density at radius 2 is 1.52 bits per heavy atom. The Kier molecular flexibility index (Phi) is 10.3. The van der Waals surface area contributed by atoms with E-state index in [-0.39, 0.29) is 5.01 Å². The molecule has 1 aromatic carbocycles. The first-order valence-corrected chi connectivity index (χ1v) is 11.6. The molecular formula is C21H24N2O8S2. The molecule has 0 spiro atoms. The SMILES string of the molecule is CC(=O)OC[C@@H](OC(C)=O)[C@@H](OC(C)=O)[C@H](OC(C)=O)c1nnc(SCc2ccccc2)s1. The van der Waals surface area contributed by atoms with Crippen molar-refractivity contribution in [3.63, 3.8) is 0 Å². The van der Waals surface area contributed by atoms with Gasteiger partial charge in [-0.3, -0.25) is 19.2 Å². The Hall–Kier alpha value is -2.99. The minimum absolute atomic E-state index is 0.229. The Morgan fingerprint density at radius 1 is 0.879 bits per heavy atom. The lowest BCUT2D eigenvalue weighted by Crippen LogP contribution is -2.43. The number of carbonyl (C=O) groups excluding carboxylic acids is 4. The van der Waals surface area contributed by atoms with E-state index in [1.807, 2.05) is 30.3 Å². The van der Waals surface area contributed by atoms with Crippen molar-refractivity contribution in [2.24, 2.45) is 0 Å². The minimum atomic E-state index is -1.32. The molecule has 1 heterocycles. The Morgan fingerprint density at radius 3 is 2.09 bits per heavy atom. The second-order valence-electron chi connectivity index (χ2n) is 6.74. The van der Waals surface area contributed by atoms with E-state index in [4.69, 9.17) is 18.9 Å². The summed E-state index contributed by atoms with van der Waals surface area (Å²) in [5, 5.41) is 8.45. The molecule has 178 valence electrons. The zero-order chi connectivity index (χ0) is 24.4. The van der Waals surface area contributed by atoms with Crippen LogP contribution in [0, 0.1) is 0 Å². The number of nitrogens with zero attached hydrogens (tertiary/aromatic N) is 2. The summed E-state index contributed by atoms with van der Waals surface area (Å²) in [5.41, 5.74) is 1.09. The third-order valence-corrected chi connectivity index (χ3v) is 6.09. The van der Waals surface area contributed by atoms with Gasteiger partial charge in [0.2, 0.25) is 0 Å². The molecule has 0 fully saturated rings. The molecule has 0 aliphatic carbocycles. The first kappa shape index (κ1) is 26.3. The van der Waals surface area contributed by atoms with Crippen molar-refractivity contribution >= 4 is 47.0 Å². The molecule has 0 saturated heterocycles. The summed E-state index contributed by atoms with van der Waals surface area (Å²) in [6.07, 6.45) is -3.81. The second-order valence-corrected chi connectivity index (χ2v) is 8.97. The summed E-state index contributed by atoms with van der Waals surface area (Å²) in [6, 6.07) is 9.74. The molecule has 2 rings (SSSR count). The van der Waals surface area contributed by atoms with E-state index in [1.54, 1.807) is 0 Å². The summed E-state index contributed by atoms with van der Waals surface area (Å²) in [4.78, 5) is 46.6. The fourth-order valence-electron chi connectivity index (χ4n) is 2.68. The molecule has 1 aromatic heterocycles. The van der Waals surface area contributed by atoms with Crippen LogP contribution in [0.15, 0.2) is 34.7 Å². The van der Waals surface area contributed by atoms with Crippen molar-refractivity contribution in [3.05, 3.63) is 40.9 Å². The van der Waals surface area contributed by atoms with Crippen molar-refractivity contribution in [2.45, 2.75) is 56.1 Å². The molecule has 33 heavy (non-hydrogen) atoms. The number of hydrogen-bond donors (Lipinski definition) is 0. The van der Waals surface area contributed by atoms with Gasteiger partial charge in [0.25, 0.3) is 0 Å². The molecule has 10 nitrogen and oxygen atoms in total. The molecule has 0 radical (unpaired) electrons. The van der Waals surface area contributed by atoms with E-state index < -0.39 is 48.8 Å². The lowest BCUT2D eigenvalue weighted by Gasteiger charge is -2.30. The number of esters is 4. The number of thioether (sulfide) groups is 1. The topological polar surface area (TPSA) is 131 Å². The van der Waals surface area contributed by atoms with Crippen LogP contribution in [0.25, 0.3) is 0 Å². The number of hydrogen-bond acceptors (Lipinski definition) is 12. The standard InChI is InChI=1S/C21H24N2O8S2/c1-12(24)28-10-17(29-13(2)25)18(30-14(3)26)19(31-15(4)27)20-22-23-21(33-20)32-11-16-8-6-5-7-9-16/h5-9,17-19H,10-11H2,1-4H3/t17-,18-,19+/m1/s1. The van der Waals surface area contributed by atoms with E-state index in [2.05, 4.69) is 10.2 Å². The average Bonchev–Trinajstić information content (AvgIpc) is 3.21. The van der Waals surface area contributed by atoms with Gasteiger partial charge in [-0.05, 0) is 5.56 Å². The highest BCUT2D eigenvalue weighted by atomic mass is 32.2. The molecule has 0 unspecified atom stereocenters. The second kappa shape index (κ2) is 12.9. The van der Waals surface area contributed by atoms with Gasteiger partial charge in [0.1, 0.15) is 6.61 Å². The van der Waals surface area contributed by atoms with Crippen molar-refractivity contribution in [1.29, 1.82) is 0 Å². The summed E-state index contributed by atoms with van der Waals surface area (Å²) >= 11 is 2.57. The minimum Gasteiger partial charge on any atom is -0.462 e. The fourth-order valence-corrected chi connectivity index (χ4v) is 4.57. The molecule has 0 N–H and O–H groups in total. The molecule has 12 heteroatoms. The van der Waals surface area contributed by atoms with Crippen LogP contribution in [0.3, 0.4) is 0 Å². The molecule has 2 aromatic rings. The van der Waals surface area contributed by atoms with Gasteiger partial charge in [-0.1, -0.05) is 53.4 Å². The van der Waals surface area contributed by atoms with Crippen LogP contribution in [0.2, 0.25) is 0 Å². The van der Waals surface area contributed by atoms with Gasteiger partial charge >= 0.3 is 23.9 Å². The lowest BCUT2D eigenvalue weighted by atomic mass is 10.1. The number of benzene rings is 1. The van der Waals surface area contributed by atoms with Gasteiger partial charge < -0.3 is 18.9 Å². The normalized spacial score (nSPS) is 13.3. The highest BCUT2D eigenvalue weighted by molar-refractivity contribution is 8.00. The Bertz CT molecular complexity index is 966. The number of rotatable bonds is 11. The number of ether oxygens (including phenoxy) is 4. The Balaban J connectivity index is 2.32. The smallest absolute Gasteiger partial charge is 0.303 e. The van der Waals surface area contributed by atoms with Crippen LogP contribution in [-0.4, -0.2) is 52.9 Å². The van der Waals surface area contributed by atoms with Gasteiger partial charge in [0, 0.05) is 33.4 Å². The first-order valence-electron chi connectivity index (χ1n) is 9.80. The van der Waals surface area contributed by atoms with Crippen LogP contribution < -0.4 is 0 Å². The van der Waals surface area contributed by atoms with Crippen LogP contribution in [0.5, 0.6) is 0 Å². The van der Waals surface area contributed by atoms with E-state index in [9.17, 15) is 19.2 Å². The van der Waals surface area contributed by atoms with E-state index in [0.717, 1.165) is 30.7 Å². The van der Waals surface area contributed by atoms with Gasteiger partial charge in [-0.15, -0.1) is 10.2 Å². The highest BCUT2D eigenvalue weighted by Gasteiger charge is 2.41. The molecule has 0 bridgehead atoms. The molecule has 0 saturated carbocycles. The summed E-state index contributed by atoms with van der Waals surface area (Å²) in [7, 11) is 0. The average molecular weight is 497 g/mol. The number of carbonyl (C=O) groups is 4. The quantitative estimate of drug-likeness (QED) is 0.258. The first-order chi connectivity index (χ1) is 15.7. The maximum Gasteiger partial charge on any atom is 0.303 e. The number of aromatic nitrogens is 2. The third kappa shape index (κ3) is 9.18. The van der Waals surface area contributed by atoms with Crippen LogP contribution in [0.1, 0.15) is 44.4 Å². The maximum absolute atomic E-state index is 11.8. The zero-order valence-corrected chi connectivity index (χ0v) is 20.1. The predicted molar refractivity (Wildman–Crippen MR) is 118 cm³/mol. The molecule has 0 amide bonds. The van der Waals surface area contributed by atoms with E-state index >= 15 is 0 Å². The molecule has 3 atom stereocenters. The largest absolute Gasteiger partial charge is 0.462 e. The zero-order valence-electron chi connectivity index (χ0n) is 18.5. The van der Waals surface area contributed by atoms with E-state index in [0.29, 0.717) is 10.1 Å². The van der Waals surface area contributed by atoms with Gasteiger partial charge in [0.05, 0.1) is 0 Å². The molecule has 0 aliphatic heterocycles. The Labute approximate surface area is 199 Å². The van der Waals surface area contributed by atoms with Crippen molar-refractivity contribution in [3.8, 4) is 0 Å². The lowest BCUT2D eigenvalue weighted by molar-refractivity contribution is -0.190. The van der Waals surface area contributed by atoms with Crippen molar-refractivity contribution in [2.75, 3.05) is 6.61 Å². The molecule has 0 aliphatic rings. The third-order valence-electron chi connectivity index (χ3n) is 3.90. The van der Waals surface area contributed by atoms with Crippen molar-refractivity contribution < 1.29 is 38.1 Å². The van der Waals surface area contributed by atoms with Crippen molar-refractivity contribution in [1.82, 2.24) is 10.2 Å². The maximum atomic E-state index is 11.8. The summed E-state index contributed by atoms with van der Waals surface area (Å²) in [6.45, 7) is 4.23. The van der Waals surface area contributed by atoms with Gasteiger partial charge in [-0.25, -0.2) is 0 Å². The van der Waals surface area contributed by atoms with Crippen LogP contribution >= 0.6 is 23.1 Å². The highest BCUT2D eigenvalue weighted by Crippen LogP contribution is 2.34. The van der Waals surface area contributed by atoms with Gasteiger partial charge in [0.15, 0.2) is 27.7 Å². The monoisotopic (exact) mass is 496 g/mol. The fraction of sp³-hybridized carbons (Fsp3) is 0.429. The van der Waals surface area contributed by atoms with Crippen LogP contribution in [0.4, 0.5) is 0 Å². The summed E-state index contributed by atoms with van der Waals surface area (Å²) < 4.78 is 21.5.